The van der Waals surface area contributed by atoms with Crippen LogP contribution in [0.1, 0.15) is 35.2 Å². The Morgan fingerprint density at radius 2 is 2.17 bits per heavy atom. The van der Waals surface area contributed by atoms with E-state index in [0.29, 0.717) is 10.6 Å². The van der Waals surface area contributed by atoms with E-state index in [1.54, 1.807) is 0 Å². The molecule has 0 saturated carbocycles. The quantitative estimate of drug-likeness (QED) is 0.860. The van der Waals surface area contributed by atoms with Crippen LogP contribution >= 0.6 is 11.8 Å². The lowest BCUT2D eigenvalue weighted by atomic mass is 9.95. The van der Waals surface area contributed by atoms with Crippen molar-refractivity contribution in [3.05, 3.63) is 52.7 Å². The van der Waals surface area contributed by atoms with Gasteiger partial charge in [-0.1, -0.05) is 23.9 Å². The number of pyridine rings is 1. The summed E-state index contributed by atoms with van der Waals surface area (Å²) in [7, 11) is 0. The molecule has 1 amide bonds. The Labute approximate surface area is 146 Å². The summed E-state index contributed by atoms with van der Waals surface area (Å²) in [5.74, 6) is 0.156. The lowest BCUT2D eigenvalue weighted by molar-refractivity contribution is -0.113. The van der Waals surface area contributed by atoms with Crippen LogP contribution in [0.4, 0.5) is 5.69 Å². The number of anilines is 1. The second-order valence-electron chi connectivity index (χ2n) is 5.97. The van der Waals surface area contributed by atoms with Crippen molar-refractivity contribution in [2.24, 2.45) is 0 Å². The van der Waals surface area contributed by atoms with Gasteiger partial charge in [0.15, 0.2) is 0 Å². The number of rotatable bonds is 4. The number of aromatic nitrogens is 1. The zero-order valence-electron chi connectivity index (χ0n) is 13.6. The molecule has 1 aromatic heterocycles. The van der Waals surface area contributed by atoms with Crippen LogP contribution in [0.15, 0.2) is 35.4 Å². The van der Waals surface area contributed by atoms with E-state index in [2.05, 4.69) is 16.4 Å². The summed E-state index contributed by atoms with van der Waals surface area (Å²) >= 11 is 1.33. The highest BCUT2D eigenvalue weighted by molar-refractivity contribution is 8.00. The van der Waals surface area contributed by atoms with Crippen molar-refractivity contribution in [3.63, 3.8) is 0 Å². The summed E-state index contributed by atoms with van der Waals surface area (Å²) < 4.78 is 0. The number of nitrogens with one attached hydrogen (secondary N) is 1. The van der Waals surface area contributed by atoms with Gasteiger partial charge in [-0.25, -0.2) is 4.98 Å². The molecular formula is C19H19N3OS. The van der Waals surface area contributed by atoms with Gasteiger partial charge in [0.05, 0.1) is 11.3 Å². The number of carbonyl (C=O) groups excluding carboxylic acids is 1. The Bertz CT molecular complexity index is 811. The van der Waals surface area contributed by atoms with Crippen LogP contribution in [0, 0.1) is 18.3 Å². The van der Waals surface area contributed by atoms with Gasteiger partial charge in [0.2, 0.25) is 5.91 Å². The number of hydrogen-bond donors (Lipinski definition) is 1. The Hall–Kier alpha value is -2.32. The topological polar surface area (TPSA) is 65.8 Å². The van der Waals surface area contributed by atoms with E-state index in [-0.39, 0.29) is 11.7 Å². The predicted octanol–water partition coefficient (Wildman–Crippen LogP) is 3.87. The molecule has 2 aromatic rings. The standard InChI is InChI=1S/C19H19N3OS/c1-13-5-4-7-16(9-13)21-18(23)12-24-19-15(11-20)10-14-6-2-3-8-17(14)22-19/h4-5,7,9-10H,2-3,6,8,12H2,1H3,(H,21,23). The van der Waals surface area contributed by atoms with E-state index in [4.69, 9.17) is 0 Å². The van der Waals surface area contributed by atoms with Crippen molar-refractivity contribution in [3.8, 4) is 6.07 Å². The van der Waals surface area contributed by atoms with Gasteiger partial charge in [0.1, 0.15) is 11.1 Å². The maximum atomic E-state index is 12.1. The minimum Gasteiger partial charge on any atom is -0.325 e. The first-order valence-corrected chi connectivity index (χ1v) is 9.06. The number of thioether (sulfide) groups is 1. The third-order valence-electron chi connectivity index (χ3n) is 4.03. The molecule has 0 saturated heterocycles. The Morgan fingerprint density at radius 3 is 2.96 bits per heavy atom. The highest BCUT2D eigenvalue weighted by atomic mass is 32.2. The smallest absolute Gasteiger partial charge is 0.234 e. The number of amides is 1. The molecule has 1 heterocycles. The molecule has 0 aliphatic heterocycles. The van der Waals surface area contributed by atoms with Crippen molar-refractivity contribution >= 4 is 23.4 Å². The van der Waals surface area contributed by atoms with Gasteiger partial charge in [-0.15, -0.1) is 0 Å². The Morgan fingerprint density at radius 1 is 1.33 bits per heavy atom. The molecule has 1 N–H and O–H groups in total. The largest absolute Gasteiger partial charge is 0.325 e. The summed E-state index contributed by atoms with van der Waals surface area (Å²) in [4.78, 5) is 16.8. The lowest BCUT2D eigenvalue weighted by Crippen LogP contribution is -2.14. The van der Waals surface area contributed by atoms with E-state index in [1.165, 1.54) is 17.3 Å². The van der Waals surface area contributed by atoms with Crippen LogP contribution in [-0.2, 0) is 17.6 Å². The van der Waals surface area contributed by atoms with Gasteiger partial charge in [0, 0.05) is 11.4 Å². The fourth-order valence-electron chi connectivity index (χ4n) is 2.86. The minimum atomic E-state index is -0.0889. The molecule has 0 unspecified atom stereocenters. The number of aryl methyl sites for hydroxylation is 3. The van der Waals surface area contributed by atoms with Gasteiger partial charge in [-0.3, -0.25) is 4.79 Å². The zero-order chi connectivity index (χ0) is 16.9. The van der Waals surface area contributed by atoms with Crippen LogP contribution in [0.3, 0.4) is 0 Å². The molecule has 0 fully saturated rings. The molecule has 0 spiro atoms. The number of fused-ring (bicyclic) bond motifs is 1. The van der Waals surface area contributed by atoms with E-state index in [1.807, 2.05) is 37.3 Å². The van der Waals surface area contributed by atoms with Gasteiger partial charge in [-0.2, -0.15) is 5.26 Å². The second-order valence-corrected chi connectivity index (χ2v) is 6.94. The van der Waals surface area contributed by atoms with E-state index < -0.39 is 0 Å². The SMILES string of the molecule is Cc1cccc(NC(=O)CSc2nc3c(cc2C#N)CCCC3)c1. The van der Waals surface area contributed by atoms with Gasteiger partial charge >= 0.3 is 0 Å². The summed E-state index contributed by atoms with van der Waals surface area (Å²) in [6.45, 7) is 1.99. The first kappa shape index (κ1) is 16.5. The van der Waals surface area contributed by atoms with Gasteiger partial charge < -0.3 is 5.32 Å². The molecule has 1 aliphatic rings. The number of benzene rings is 1. The molecular weight excluding hydrogens is 318 g/mol. The molecule has 0 radical (unpaired) electrons. The highest BCUT2D eigenvalue weighted by Crippen LogP contribution is 2.27. The molecule has 122 valence electrons. The van der Waals surface area contributed by atoms with Crippen molar-refractivity contribution in [2.75, 3.05) is 11.1 Å². The summed E-state index contributed by atoms with van der Waals surface area (Å²) in [5.41, 5.74) is 4.74. The fraction of sp³-hybridized carbons (Fsp3) is 0.316. The average molecular weight is 337 g/mol. The van der Waals surface area contributed by atoms with E-state index >= 15 is 0 Å². The maximum Gasteiger partial charge on any atom is 0.234 e. The third kappa shape index (κ3) is 3.95. The predicted molar refractivity (Wildman–Crippen MR) is 96.1 cm³/mol. The summed E-state index contributed by atoms with van der Waals surface area (Å²) in [5, 5.41) is 12.9. The molecule has 5 heteroatoms. The molecule has 1 aliphatic carbocycles. The monoisotopic (exact) mass is 337 g/mol. The van der Waals surface area contributed by atoms with Crippen LogP contribution in [-0.4, -0.2) is 16.6 Å². The minimum absolute atomic E-state index is 0.0889. The number of nitrogens with zero attached hydrogens (tertiary/aromatic N) is 2. The number of hydrogen-bond acceptors (Lipinski definition) is 4. The van der Waals surface area contributed by atoms with E-state index in [9.17, 15) is 10.1 Å². The normalized spacial score (nSPS) is 13.0. The summed E-state index contributed by atoms with van der Waals surface area (Å²) in [6, 6.07) is 11.9. The number of carbonyl (C=O) groups is 1. The molecule has 0 bridgehead atoms. The van der Waals surface area contributed by atoms with E-state index in [0.717, 1.165) is 42.6 Å². The van der Waals surface area contributed by atoms with Crippen LogP contribution < -0.4 is 5.32 Å². The van der Waals surface area contributed by atoms with Crippen LogP contribution in [0.25, 0.3) is 0 Å². The first-order chi connectivity index (χ1) is 11.7. The second kappa shape index (κ2) is 7.50. The zero-order valence-corrected chi connectivity index (χ0v) is 14.4. The number of nitriles is 1. The van der Waals surface area contributed by atoms with Crippen LogP contribution in [0.5, 0.6) is 0 Å². The van der Waals surface area contributed by atoms with Gasteiger partial charge in [-0.05, 0) is 61.9 Å². The molecule has 0 atom stereocenters. The molecule has 4 nitrogen and oxygen atoms in total. The molecule has 1 aromatic carbocycles. The van der Waals surface area contributed by atoms with Crippen molar-refractivity contribution in [1.29, 1.82) is 5.26 Å². The average Bonchev–Trinajstić information content (AvgIpc) is 2.59. The highest BCUT2D eigenvalue weighted by Gasteiger charge is 2.16. The van der Waals surface area contributed by atoms with Gasteiger partial charge in [0.25, 0.3) is 0 Å². The Kier molecular flexibility index (Phi) is 5.17. The Balaban J connectivity index is 1.67. The fourth-order valence-corrected chi connectivity index (χ4v) is 3.63. The lowest BCUT2D eigenvalue weighted by Gasteiger charge is -2.16. The first-order valence-electron chi connectivity index (χ1n) is 8.08. The molecule has 3 rings (SSSR count). The van der Waals surface area contributed by atoms with Crippen LogP contribution in [0.2, 0.25) is 0 Å². The summed E-state index contributed by atoms with van der Waals surface area (Å²) in [6.07, 6.45) is 4.26. The third-order valence-corrected chi connectivity index (χ3v) is 5.02. The maximum absolute atomic E-state index is 12.1. The molecule has 24 heavy (non-hydrogen) atoms. The van der Waals surface area contributed by atoms with Crippen molar-refractivity contribution in [2.45, 2.75) is 37.6 Å². The van der Waals surface area contributed by atoms with Crippen molar-refractivity contribution < 1.29 is 4.79 Å². The van der Waals surface area contributed by atoms with Crippen molar-refractivity contribution in [1.82, 2.24) is 4.98 Å².